The Labute approximate surface area is 82.8 Å². The molecule has 0 aliphatic carbocycles. The monoisotopic (exact) mass is 195 g/mol. The summed E-state index contributed by atoms with van der Waals surface area (Å²) in [6.45, 7) is 1.02. The number of nitrogens with one attached hydrogen (secondary N) is 1. The molecule has 0 bridgehead atoms. The third-order valence-electron chi connectivity index (χ3n) is 2.68. The van der Waals surface area contributed by atoms with Gasteiger partial charge in [-0.05, 0) is 42.6 Å². The van der Waals surface area contributed by atoms with Crippen molar-refractivity contribution >= 4 is 0 Å². The van der Waals surface area contributed by atoms with Crippen LogP contribution in [0.5, 0.6) is 0 Å². The Hall–Kier alpha value is -0.930. The van der Waals surface area contributed by atoms with Crippen molar-refractivity contribution in [3.63, 3.8) is 0 Å². The molecule has 14 heavy (non-hydrogen) atoms. The number of fused-ring (bicyclic) bond motifs is 1. The molecule has 0 spiro atoms. The fourth-order valence-corrected chi connectivity index (χ4v) is 2.01. The van der Waals surface area contributed by atoms with Gasteiger partial charge in [-0.25, -0.2) is 4.39 Å². The van der Waals surface area contributed by atoms with E-state index in [1.165, 1.54) is 6.07 Å². The van der Waals surface area contributed by atoms with Gasteiger partial charge in [0.2, 0.25) is 0 Å². The topological polar surface area (TPSA) is 32.3 Å². The van der Waals surface area contributed by atoms with Crippen LogP contribution in [0.25, 0.3) is 0 Å². The van der Waals surface area contributed by atoms with Crippen LogP contribution in [-0.4, -0.2) is 18.3 Å². The lowest BCUT2D eigenvalue weighted by Crippen LogP contribution is -2.30. The van der Waals surface area contributed by atoms with Crippen molar-refractivity contribution in [1.82, 2.24) is 5.32 Å². The number of hydrogen-bond acceptors (Lipinski definition) is 2. The molecule has 1 aromatic carbocycles. The van der Waals surface area contributed by atoms with Gasteiger partial charge in [0.25, 0.3) is 0 Å². The maximum atomic E-state index is 12.9. The van der Waals surface area contributed by atoms with Gasteiger partial charge in [0.15, 0.2) is 0 Å². The van der Waals surface area contributed by atoms with Gasteiger partial charge in [0.1, 0.15) is 5.82 Å². The van der Waals surface area contributed by atoms with E-state index in [-0.39, 0.29) is 18.5 Å². The van der Waals surface area contributed by atoms with Crippen LogP contribution in [0.3, 0.4) is 0 Å². The third kappa shape index (κ3) is 1.79. The van der Waals surface area contributed by atoms with E-state index in [9.17, 15) is 4.39 Å². The van der Waals surface area contributed by atoms with Crippen LogP contribution in [0.1, 0.15) is 23.6 Å². The van der Waals surface area contributed by atoms with Crippen LogP contribution in [0.15, 0.2) is 18.2 Å². The second-order valence-corrected chi connectivity index (χ2v) is 3.61. The summed E-state index contributed by atoms with van der Waals surface area (Å²) in [5, 5.41) is 12.2. The van der Waals surface area contributed by atoms with Crippen molar-refractivity contribution in [3.05, 3.63) is 35.1 Å². The van der Waals surface area contributed by atoms with Gasteiger partial charge in [-0.3, -0.25) is 0 Å². The molecule has 0 saturated carbocycles. The first kappa shape index (κ1) is 9.62. The van der Waals surface area contributed by atoms with Crippen molar-refractivity contribution in [3.8, 4) is 0 Å². The smallest absolute Gasteiger partial charge is 0.123 e. The molecule has 0 aromatic heterocycles. The zero-order chi connectivity index (χ0) is 9.97. The Kier molecular flexibility index (Phi) is 2.79. The van der Waals surface area contributed by atoms with E-state index in [0.717, 1.165) is 24.1 Å². The zero-order valence-corrected chi connectivity index (χ0v) is 7.96. The standard InChI is InChI=1S/C11H14FNO/c12-9-1-2-10-8(7-9)3-5-13-11(10)4-6-14/h1-2,7,11,13-14H,3-6H2. The van der Waals surface area contributed by atoms with Crippen LogP contribution >= 0.6 is 0 Å². The summed E-state index contributed by atoms with van der Waals surface area (Å²) in [6.07, 6.45) is 1.56. The normalized spacial score (nSPS) is 20.6. The largest absolute Gasteiger partial charge is 0.396 e. The molecule has 0 fully saturated rings. The highest BCUT2D eigenvalue weighted by molar-refractivity contribution is 5.32. The lowest BCUT2D eigenvalue weighted by molar-refractivity contribution is 0.263. The number of benzene rings is 1. The van der Waals surface area contributed by atoms with E-state index < -0.39 is 0 Å². The number of rotatable bonds is 2. The Bertz CT molecular complexity index is 327. The van der Waals surface area contributed by atoms with Crippen molar-refractivity contribution in [2.75, 3.05) is 13.2 Å². The molecule has 1 aromatic rings. The van der Waals surface area contributed by atoms with E-state index >= 15 is 0 Å². The highest BCUT2D eigenvalue weighted by Crippen LogP contribution is 2.25. The minimum Gasteiger partial charge on any atom is -0.396 e. The minimum absolute atomic E-state index is 0.161. The van der Waals surface area contributed by atoms with Crippen molar-refractivity contribution in [2.24, 2.45) is 0 Å². The Morgan fingerprint density at radius 2 is 2.36 bits per heavy atom. The summed E-state index contributed by atoms with van der Waals surface area (Å²) < 4.78 is 12.9. The van der Waals surface area contributed by atoms with Crippen LogP contribution in [0.4, 0.5) is 4.39 Å². The number of aliphatic hydroxyl groups is 1. The molecule has 2 nitrogen and oxygen atoms in total. The number of aliphatic hydroxyl groups excluding tert-OH is 1. The lowest BCUT2D eigenvalue weighted by atomic mass is 9.92. The minimum atomic E-state index is -0.173. The summed E-state index contributed by atoms with van der Waals surface area (Å²) in [5.74, 6) is -0.173. The molecule has 2 N–H and O–H groups in total. The van der Waals surface area contributed by atoms with Crippen molar-refractivity contribution in [2.45, 2.75) is 18.9 Å². The molecule has 1 heterocycles. The Morgan fingerprint density at radius 3 is 3.14 bits per heavy atom. The first-order chi connectivity index (χ1) is 6.81. The summed E-state index contributed by atoms with van der Waals surface area (Å²) >= 11 is 0. The second kappa shape index (κ2) is 4.07. The van der Waals surface area contributed by atoms with Gasteiger partial charge in [0, 0.05) is 12.6 Å². The second-order valence-electron chi connectivity index (χ2n) is 3.61. The molecule has 3 heteroatoms. The molecule has 1 aliphatic rings. The maximum absolute atomic E-state index is 12.9. The summed E-state index contributed by atoms with van der Waals surface area (Å²) in [6, 6.07) is 5.08. The predicted octanol–water partition coefficient (Wildman–Crippen LogP) is 1.39. The van der Waals surface area contributed by atoms with E-state index in [1.54, 1.807) is 6.07 Å². The zero-order valence-electron chi connectivity index (χ0n) is 7.96. The predicted molar refractivity (Wildman–Crippen MR) is 52.6 cm³/mol. The molecule has 1 atom stereocenters. The SMILES string of the molecule is OCCC1NCCc2cc(F)ccc21. The molecule has 0 radical (unpaired) electrons. The fourth-order valence-electron chi connectivity index (χ4n) is 2.01. The van der Waals surface area contributed by atoms with E-state index in [0.29, 0.717) is 6.42 Å². The summed E-state index contributed by atoms with van der Waals surface area (Å²) in [7, 11) is 0. The van der Waals surface area contributed by atoms with Crippen molar-refractivity contribution in [1.29, 1.82) is 0 Å². The molecular formula is C11H14FNO. The maximum Gasteiger partial charge on any atom is 0.123 e. The number of halogens is 1. The quantitative estimate of drug-likeness (QED) is 0.747. The average Bonchev–Trinajstić information content (AvgIpc) is 2.18. The van der Waals surface area contributed by atoms with E-state index in [2.05, 4.69) is 5.32 Å². The Morgan fingerprint density at radius 1 is 1.50 bits per heavy atom. The van der Waals surface area contributed by atoms with Gasteiger partial charge in [-0.15, -0.1) is 0 Å². The average molecular weight is 195 g/mol. The molecule has 0 saturated heterocycles. The fraction of sp³-hybridized carbons (Fsp3) is 0.455. The summed E-state index contributed by atoms with van der Waals surface area (Å²) in [4.78, 5) is 0. The first-order valence-electron chi connectivity index (χ1n) is 4.94. The van der Waals surface area contributed by atoms with Gasteiger partial charge >= 0.3 is 0 Å². The van der Waals surface area contributed by atoms with Gasteiger partial charge in [0.05, 0.1) is 0 Å². The molecule has 2 rings (SSSR count). The van der Waals surface area contributed by atoms with Crippen LogP contribution in [-0.2, 0) is 6.42 Å². The van der Waals surface area contributed by atoms with Gasteiger partial charge < -0.3 is 10.4 Å². The highest BCUT2D eigenvalue weighted by Gasteiger charge is 2.18. The number of hydrogen-bond donors (Lipinski definition) is 2. The summed E-state index contributed by atoms with van der Waals surface area (Å²) in [5.41, 5.74) is 2.20. The lowest BCUT2D eigenvalue weighted by Gasteiger charge is -2.26. The first-order valence-corrected chi connectivity index (χ1v) is 4.94. The van der Waals surface area contributed by atoms with Crippen LogP contribution in [0, 0.1) is 5.82 Å². The van der Waals surface area contributed by atoms with E-state index in [1.807, 2.05) is 6.07 Å². The molecule has 76 valence electrons. The van der Waals surface area contributed by atoms with Gasteiger partial charge in [-0.1, -0.05) is 6.07 Å². The van der Waals surface area contributed by atoms with Crippen LogP contribution < -0.4 is 5.32 Å². The Balaban J connectivity index is 2.30. The third-order valence-corrected chi connectivity index (χ3v) is 2.68. The van der Waals surface area contributed by atoms with Crippen LogP contribution in [0.2, 0.25) is 0 Å². The van der Waals surface area contributed by atoms with E-state index in [4.69, 9.17) is 5.11 Å². The van der Waals surface area contributed by atoms with Gasteiger partial charge in [-0.2, -0.15) is 0 Å². The molecule has 1 unspecified atom stereocenters. The van der Waals surface area contributed by atoms with Crippen molar-refractivity contribution < 1.29 is 9.50 Å². The molecule has 1 aliphatic heterocycles. The molecular weight excluding hydrogens is 181 g/mol. The highest BCUT2D eigenvalue weighted by atomic mass is 19.1. The molecule has 0 amide bonds.